The third-order valence-corrected chi connectivity index (χ3v) is 2.02. The first-order valence-corrected chi connectivity index (χ1v) is 3.53. The molecular formula is C6H8F3NO3. The van der Waals surface area contributed by atoms with Crippen LogP contribution in [0.5, 0.6) is 0 Å². The molecule has 0 aliphatic heterocycles. The zero-order valence-corrected chi connectivity index (χ0v) is 6.43. The quantitative estimate of drug-likeness (QED) is 0.582. The maximum atomic E-state index is 12.0. The van der Waals surface area contributed by atoms with Gasteiger partial charge in [-0.3, -0.25) is 0 Å². The van der Waals surface area contributed by atoms with E-state index in [9.17, 15) is 18.0 Å². The van der Waals surface area contributed by atoms with Gasteiger partial charge in [0.1, 0.15) is 0 Å². The summed E-state index contributed by atoms with van der Waals surface area (Å²) in [6.07, 6.45) is -7.27. The first-order valence-electron chi connectivity index (χ1n) is 3.53. The standard InChI is InChI=1S/C6H8F3NO3/c7-6(8,9)5(13)1-3(2-5)10-4(11)12/h3,10,13H,1-2H2,(H,11,12)/t3-,5-. The monoisotopic (exact) mass is 199 g/mol. The maximum absolute atomic E-state index is 12.0. The normalized spacial score (nSPS) is 33.7. The van der Waals surface area contributed by atoms with E-state index >= 15 is 0 Å². The summed E-state index contributed by atoms with van der Waals surface area (Å²) in [7, 11) is 0. The minimum atomic E-state index is -4.68. The van der Waals surface area contributed by atoms with Gasteiger partial charge in [0.2, 0.25) is 0 Å². The van der Waals surface area contributed by atoms with Gasteiger partial charge in [-0.25, -0.2) is 4.79 Å². The molecule has 13 heavy (non-hydrogen) atoms. The van der Waals surface area contributed by atoms with Gasteiger partial charge in [0.05, 0.1) is 0 Å². The molecule has 7 heteroatoms. The third-order valence-electron chi connectivity index (χ3n) is 2.02. The van der Waals surface area contributed by atoms with E-state index in [-0.39, 0.29) is 0 Å². The lowest BCUT2D eigenvalue weighted by molar-refractivity contribution is -0.291. The summed E-state index contributed by atoms with van der Waals surface area (Å²) in [4.78, 5) is 9.99. The van der Waals surface area contributed by atoms with Gasteiger partial charge in [-0.2, -0.15) is 13.2 Å². The number of aliphatic hydroxyl groups is 1. The van der Waals surface area contributed by atoms with E-state index in [1.165, 1.54) is 0 Å². The minimum Gasteiger partial charge on any atom is -0.465 e. The first-order chi connectivity index (χ1) is 5.74. The molecule has 1 rings (SSSR count). The average molecular weight is 199 g/mol. The molecule has 1 amide bonds. The fourth-order valence-electron chi connectivity index (χ4n) is 1.26. The van der Waals surface area contributed by atoms with Crippen molar-refractivity contribution in [3.8, 4) is 0 Å². The molecule has 0 bridgehead atoms. The van der Waals surface area contributed by atoms with Crippen molar-refractivity contribution in [3.63, 3.8) is 0 Å². The summed E-state index contributed by atoms with van der Waals surface area (Å²) in [5, 5.41) is 18.9. The largest absolute Gasteiger partial charge is 0.465 e. The summed E-state index contributed by atoms with van der Waals surface area (Å²) in [6.45, 7) is 0. The Kier molecular flexibility index (Phi) is 2.15. The first kappa shape index (κ1) is 10.1. The van der Waals surface area contributed by atoms with Crippen molar-refractivity contribution in [2.75, 3.05) is 0 Å². The second kappa shape index (κ2) is 2.76. The molecule has 76 valence electrons. The smallest absolute Gasteiger partial charge is 0.417 e. The number of carboxylic acid groups (broad SMARTS) is 1. The van der Waals surface area contributed by atoms with Gasteiger partial charge < -0.3 is 15.5 Å². The van der Waals surface area contributed by atoms with Gasteiger partial charge in [-0.15, -0.1) is 0 Å². The van der Waals surface area contributed by atoms with E-state index in [2.05, 4.69) is 0 Å². The molecule has 1 aliphatic carbocycles. The Morgan fingerprint density at radius 2 is 1.92 bits per heavy atom. The Balaban J connectivity index is 2.44. The van der Waals surface area contributed by atoms with Crippen LogP contribution in [0.25, 0.3) is 0 Å². The van der Waals surface area contributed by atoms with Crippen molar-refractivity contribution in [1.29, 1.82) is 0 Å². The van der Waals surface area contributed by atoms with Crippen molar-refractivity contribution in [1.82, 2.24) is 5.32 Å². The van der Waals surface area contributed by atoms with Crippen LogP contribution in [0.1, 0.15) is 12.8 Å². The molecule has 0 atom stereocenters. The number of nitrogens with one attached hydrogen (secondary N) is 1. The zero-order valence-electron chi connectivity index (χ0n) is 6.43. The molecule has 0 radical (unpaired) electrons. The van der Waals surface area contributed by atoms with Gasteiger partial charge >= 0.3 is 12.3 Å². The van der Waals surface area contributed by atoms with E-state index < -0.39 is 36.8 Å². The molecule has 3 N–H and O–H groups in total. The molecule has 0 saturated heterocycles. The van der Waals surface area contributed by atoms with Gasteiger partial charge in [-0.05, 0) is 0 Å². The van der Waals surface area contributed by atoms with E-state index in [0.717, 1.165) is 0 Å². The van der Waals surface area contributed by atoms with Gasteiger partial charge in [0.15, 0.2) is 5.60 Å². The van der Waals surface area contributed by atoms with E-state index in [1.807, 2.05) is 5.32 Å². The summed E-state index contributed by atoms with van der Waals surface area (Å²) in [6, 6.07) is -0.802. The van der Waals surface area contributed by atoms with Crippen molar-refractivity contribution < 1.29 is 28.2 Å². The maximum Gasteiger partial charge on any atom is 0.417 e. The second-order valence-corrected chi connectivity index (χ2v) is 3.08. The van der Waals surface area contributed by atoms with Gasteiger partial charge in [0, 0.05) is 18.9 Å². The summed E-state index contributed by atoms with van der Waals surface area (Å²) in [5.41, 5.74) is -2.71. The molecule has 0 spiro atoms. The molecule has 1 aliphatic rings. The van der Waals surface area contributed by atoms with E-state index in [0.29, 0.717) is 0 Å². The van der Waals surface area contributed by atoms with Crippen LogP contribution in [-0.4, -0.2) is 34.1 Å². The zero-order chi connectivity index (χ0) is 10.3. The van der Waals surface area contributed by atoms with Crippen molar-refractivity contribution in [3.05, 3.63) is 0 Å². The van der Waals surface area contributed by atoms with Gasteiger partial charge in [0.25, 0.3) is 0 Å². The van der Waals surface area contributed by atoms with Crippen molar-refractivity contribution in [2.45, 2.75) is 30.7 Å². The molecular weight excluding hydrogens is 191 g/mol. The molecule has 0 heterocycles. The van der Waals surface area contributed by atoms with Crippen LogP contribution < -0.4 is 5.32 Å². The number of rotatable bonds is 1. The Morgan fingerprint density at radius 3 is 2.23 bits per heavy atom. The minimum absolute atomic E-state index is 0.608. The van der Waals surface area contributed by atoms with Gasteiger partial charge in [-0.1, -0.05) is 0 Å². The molecule has 0 aromatic carbocycles. The van der Waals surface area contributed by atoms with Crippen LogP contribution in [0.4, 0.5) is 18.0 Å². The highest BCUT2D eigenvalue weighted by atomic mass is 19.4. The lowest BCUT2D eigenvalue weighted by atomic mass is 9.75. The van der Waals surface area contributed by atoms with Crippen LogP contribution in [0.3, 0.4) is 0 Å². The molecule has 4 nitrogen and oxygen atoms in total. The van der Waals surface area contributed by atoms with E-state index in [1.54, 1.807) is 0 Å². The highest BCUT2D eigenvalue weighted by Crippen LogP contribution is 2.44. The Hall–Kier alpha value is -0.980. The average Bonchev–Trinajstić information content (AvgIpc) is 1.79. The van der Waals surface area contributed by atoms with Crippen molar-refractivity contribution >= 4 is 6.09 Å². The Bertz CT molecular complexity index is 222. The van der Waals surface area contributed by atoms with Crippen LogP contribution in [0.15, 0.2) is 0 Å². The molecule has 0 aromatic heterocycles. The SMILES string of the molecule is O=C(O)N[C@H]1C[C@@](O)(C(F)(F)F)C1. The van der Waals surface area contributed by atoms with Crippen LogP contribution in [0, 0.1) is 0 Å². The van der Waals surface area contributed by atoms with Crippen LogP contribution in [0.2, 0.25) is 0 Å². The fraction of sp³-hybridized carbons (Fsp3) is 0.833. The fourth-order valence-corrected chi connectivity index (χ4v) is 1.26. The van der Waals surface area contributed by atoms with E-state index in [4.69, 9.17) is 10.2 Å². The number of alkyl halides is 3. The molecule has 1 saturated carbocycles. The highest BCUT2D eigenvalue weighted by molar-refractivity contribution is 5.65. The number of hydrogen-bond acceptors (Lipinski definition) is 2. The Labute approximate surface area is 71.4 Å². The molecule has 1 fully saturated rings. The number of carbonyl (C=O) groups is 1. The predicted molar refractivity (Wildman–Crippen MR) is 35.2 cm³/mol. The lowest BCUT2D eigenvalue weighted by Gasteiger charge is -2.43. The summed E-state index contributed by atoms with van der Waals surface area (Å²) >= 11 is 0. The second-order valence-electron chi connectivity index (χ2n) is 3.08. The highest BCUT2D eigenvalue weighted by Gasteiger charge is 2.61. The summed E-state index contributed by atoms with van der Waals surface area (Å²) in [5.74, 6) is 0. The van der Waals surface area contributed by atoms with Crippen LogP contribution in [-0.2, 0) is 0 Å². The lowest BCUT2D eigenvalue weighted by Crippen LogP contribution is -2.62. The predicted octanol–water partition coefficient (Wildman–Crippen LogP) is 0.710. The van der Waals surface area contributed by atoms with Crippen LogP contribution >= 0.6 is 0 Å². The number of halogens is 3. The Morgan fingerprint density at radius 1 is 1.46 bits per heavy atom. The third kappa shape index (κ3) is 1.85. The molecule has 0 aromatic rings. The summed E-state index contributed by atoms with van der Waals surface area (Å²) < 4.78 is 35.9. The number of hydrogen-bond donors (Lipinski definition) is 3. The number of amides is 1. The molecule has 0 unspecified atom stereocenters. The topological polar surface area (TPSA) is 69.6 Å². The van der Waals surface area contributed by atoms with Crippen molar-refractivity contribution in [2.24, 2.45) is 0 Å².